The number of hydrogen-bond acceptors (Lipinski definition) is 3. The van der Waals surface area contributed by atoms with E-state index in [2.05, 4.69) is 10.3 Å². The fourth-order valence-corrected chi connectivity index (χ4v) is 1.44. The van der Waals surface area contributed by atoms with Crippen molar-refractivity contribution in [3.05, 3.63) is 35.9 Å². The van der Waals surface area contributed by atoms with Crippen LogP contribution in [0.4, 0.5) is 0 Å². The molecular formula is C10H11N3O. The molecule has 0 fully saturated rings. The summed E-state index contributed by atoms with van der Waals surface area (Å²) in [6.07, 6.45) is 0.605. The Labute approximate surface area is 81.8 Å². The molecule has 4 nitrogen and oxygen atoms in total. The van der Waals surface area contributed by atoms with Gasteiger partial charge in [0.1, 0.15) is 6.04 Å². The van der Waals surface area contributed by atoms with E-state index in [-0.39, 0.29) is 17.9 Å². The molecule has 2 rings (SSSR count). The Kier molecular flexibility index (Phi) is 2.18. The third-order valence-corrected chi connectivity index (χ3v) is 2.12. The summed E-state index contributed by atoms with van der Waals surface area (Å²) >= 11 is 0. The average molecular weight is 189 g/mol. The predicted molar refractivity (Wildman–Crippen MR) is 53.7 cm³/mol. The second-order valence-corrected chi connectivity index (χ2v) is 3.21. The molecule has 0 bridgehead atoms. The van der Waals surface area contributed by atoms with Gasteiger partial charge in [-0.05, 0) is 5.56 Å². The van der Waals surface area contributed by atoms with E-state index in [9.17, 15) is 4.79 Å². The molecule has 0 spiro atoms. The minimum atomic E-state index is -0.364. The third-order valence-electron chi connectivity index (χ3n) is 2.12. The van der Waals surface area contributed by atoms with Crippen molar-refractivity contribution in [2.45, 2.75) is 12.5 Å². The smallest absolute Gasteiger partial charge is 0.251 e. The van der Waals surface area contributed by atoms with Crippen molar-refractivity contribution in [2.24, 2.45) is 10.7 Å². The third kappa shape index (κ3) is 1.74. The van der Waals surface area contributed by atoms with Gasteiger partial charge < -0.3 is 5.73 Å². The molecule has 72 valence electrons. The number of aliphatic imine (C=N–C) groups is 1. The van der Waals surface area contributed by atoms with Crippen molar-refractivity contribution >= 4 is 11.9 Å². The van der Waals surface area contributed by atoms with Crippen molar-refractivity contribution in [3.63, 3.8) is 0 Å². The highest BCUT2D eigenvalue weighted by Gasteiger charge is 2.24. The lowest BCUT2D eigenvalue weighted by atomic mass is 10.1. The summed E-state index contributed by atoms with van der Waals surface area (Å²) in [7, 11) is 0. The summed E-state index contributed by atoms with van der Waals surface area (Å²) in [5.74, 6) is 0.0993. The van der Waals surface area contributed by atoms with Gasteiger partial charge in [-0.15, -0.1) is 0 Å². The first-order valence-electron chi connectivity index (χ1n) is 4.44. The molecule has 3 N–H and O–H groups in total. The van der Waals surface area contributed by atoms with Crippen LogP contribution < -0.4 is 11.1 Å². The van der Waals surface area contributed by atoms with Crippen LogP contribution in [0.3, 0.4) is 0 Å². The number of carbonyl (C=O) groups excluding carboxylic acids is 1. The molecule has 0 saturated heterocycles. The SMILES string of the molecule is NC1=N[C@@H](Cc2ccccc2)C(=O)N1. The van der Waals surface area contributed by atoms with Gasteiger partial charge in [-0.25, -0.2) is 4.99 Å². The van der Waals surface area contributed by atoms with Crippen LogP contribution in [0.15, 0.2) is 35.3 Å². The number of nitrogens with two attached hydrogens (primary N) is 1. The zero-order valence-electron chi connectivity index (χ0n) is 7.60. The number of hydrogen-bond donors (Lipinski definition) is 2. The molecule has 0 saturated carbocycles. The minimum absolute atomic E-state index is 0.119. The first-order valence-corrected chi connectivity index (χ1v) is 4.44. The lowest BCUT2D eigenvalue weighted by Gasteiger charge is -2.03. The summed E-state index contributed by atoms with van der Waals surface area (Å²) in [4.78, 5) is 15.3. The van der Waals surface area contributed by atoms with Gasteiger partial charge in [0.15, 0.2) is 5.96 Å². The van der Waals surface area contributed by atoms with Crippen LogP contribution in [0, 0.1) is 0 Å². The quantitative estimate of drug-likeness (QED) is 0.689. The molecule has 1 atom stereocenters. The van der Waals surface area contributed by atoms with Crippen LogP contribution in [0.5, 0.6) is 0 Å². The van der Waals surface area contributed by atoms with Crippen molar-refractivity contribution in [1.82, 2.24) is 5.32 Å². The predicted octanol–water partition coefficient (Wildman–Crippen LogP) is 0.0422. The molecule has 0 aliphatic carbocycles. The van der Waals surface area contributed by atoms with Crippen LogP contribution in [0.2, 0.25) is 0 Å². The fraction of sp³-hybridized carbons (Fsp3) is 0.200. The highest BCUT2D eigenvalue weighted by molar-refractivity contribution is 6.04. The molecule has 0 unspecified atom stereocenters. The largest absolute Gasteiger partial charge is 0.370 e. The number of carbonyl (C=O) groups is 1. The Balaban J connectivity index is 2.09. The monoisotopic (exact) mass is 189 g/mol. The second-order valence-electron chi connectivity index (χ2n) is 3.21. The summed E-state index contributed by atoms with van der Waals surface area (Å²) < 4.78 is 0. The second kappa shape index (κ2) is 3.49. The topological polar surface area (TPSA) is 67.5 Å². The van der Waals surface area contributed by atoms with E-state index < -0.39 is 0 Å². The molecule has 0 aromatic heterocycles. The maximum atomic E-state index is 11.3. The molecule has 1 heterocycles. The summed E-state index contributed by atoms with van der Waals surface area (Å²) in [6, 6.07) is 9.40. The van der Waals surface area contributed by atoms with Gasteiger partial charge in [-0.3, -0.25) is 10.1 Å². The number of nitrogens with zero attached hydrogens (tertiary/aromatic N) is 1. The van der Waals surface area contributed by atoms with Crippen LogP contribution in [0.1, 0.15) is 5.56 Å². The highest BCUT2D eigenvalue weighted by atomic mass is 16.2. The molecular weight excluding hydrogens is 178 g/mol. The molecule has 1 aliphatic heterocycles. The maximum Gasteiger partial charge on any atom is 0.251 e. The molecule has 1 aromatic rings. The molecule has 4 heteroatoms. The lowest BCUT2D eigenvalue weighted by Crippen LogP contribution is -2.33. The normalized spacial score (nSPS) is 20.4. The van der Waals surface area contributed by atoms with Gasteiger partial charge in [-0.2, -0.15) is 0 Å². The zero-order chi connectivity index (χ0) is 9.97. The number of guanidine groups is 1. The van der Waals surface area contributed by atoms with Crippen LogP contribution in [-0.4, -0.2) is 17.9 Å². The minimum Gasteiger partial charge on any atom is -0.370 e. The van der Waals surface area contributed by atoms with Gasteiger partial charge in [0.25, 0.3) is 5.91 Å². The van der Waals surface area contributed by atoms with Crippen molar-refractivity contribution < 1.29 is 4.79 Å². The molecule has 0 radical (unpaired) electrons. The van der Waals surface area contributed by atoms with E-state index in [4.69, 9.17) is 5.73 Å². The summed E-state index contributed by atoms with van der Waals surface area (Å²) in [5.41, 5.74) is 6.48. The van der Waals surface area contributed by atoms with E-state index in [1.54, 1.807) is 0 Å². The van der Waals surface area contributed by atoms with Gasteiger partial charge in [-0.1, -0.05) is 30.3 Å². The van der Waals surface area contributed by atoms with E-state index in [1.165, 1.54) is 0 Å². The van der Waals surface area contributed by atoms with Gasteiger partial charge >= 0.3 is 0 Å². The van der Waals surface area contributed by atoms with Crippen LogP contribution in [0.25, 0.3) is 0 Å². The van der Waals surface area contributed by atoms with E-state index in [0.29, 0.717) is 6.42 Å². The standard InChI is InChI=1S/C10H11N3O/c11-10-12-8(9(14)13-10)6-7-4-2-1-3-5-7/h1-5,8H,6H2,(H3,11,12,13,14)/t8-/m0/s1. The maximum absolute atomic E-state index is 11.3. The number of rotatable bonds is 2. The summed E-state index contributed by atoms with van der Waals surface area (Å²) in [6.45, 7) is 0. The fourth-order valence-electron chi connectivity index (χ4n) is 1.44. The highest BCUT2D eigenvalue weighted by Crippen LogP contribution is 2.08. The zero-order valence-corrected chi connectivity index (χ0v) is 7.60. The van der Waals surface area contributed by atoms with Gasteiger partial charge in [0.05, 0.1) is 0 Å². The van der Waals surface area contributed by atoms with Crippen molar-refractivity contribution in [3.8, 4) is 0 Å². The Bertz CT molecular complexity index is 372. The Morgan fingerprint density at radius 2 is 2.07 bits per heavy atom. The van der Waals surface area contributed by atoms with E-state index in [1.807, 2.05) is 30.3 Å². The average Bonchev–Trinajstić information content (AvgIpc) is 2.47. The van der Waals surface area contributed by atoms with Crippen LogP contribution >= 0.6 is 0 Å². The number of amides is 1. The molecule has 1 aromatic carbocycles. The molecule has 1 amide bonds. The Morgan fingerprint density at radius 3 is 2.64 bits per heavy atom. The Hall–Kier alpha value is -1.84. The molecule has 1 aliphatic rings. The van der Waals surface area contributed by atoms with Crippen molar-refractivity contribution in [1.29, 1.82) is 0 Å². The lowest BCUT2D eigenvalue weighted by molar-refractivity contribution is -0.120. The van der Waals surface area contributed by atoms with Crippen molar-refractivity contribution in [2.75, 3.05) is 0 Å². The van der Waals surface area contributed by atoms with E-state index >= 15 is 0 Å². The first-order chi connectivity index (χ1) is 6.75. The Morgan fingerprint density at radius 1 is 1.36 bits per heavy atom. The number of benzene rings is 1. The molecule has 14 heavy (non-hydrogen) atoms. The summed E-state index contributed by atoms with van der Waals surface area (Å²) in [5, 5.41) is 2.48. The number of nitrogens with one attached hydrogen (secondary N) is 1. The van der Waals surface area contributed by atoms with Crippen LogP contribution in [-0.2, 0) is 11.2 Å². The first kappa shape index (κ1) is 8.74. The van der Waals surface area contributed by atoms with E-state index in [0.717, 1.165) is 5.56 Å². The van der Waals surface area contributed by atoms with Gasteiger partial charge in [0.2, 0.25) is 0 Å². The van der Waals surface area contributed by atoms with Gasteiger partial charge in [0, 0.05) is 6.42 Å².